The molecule has 2 nitrogen and oxygen atoms in total. The van der Waals surface area contributed by atoms with Crippen LogP contribution in [-0.2, 0) is 0 Å². The topological polar surface area (TPSA) is 26.3 Å². The molecule has 21 heavy (non-hydrogen) atoms. The number of alkyl halides is 2. The van der Waals surface area contributed by atoms with Crippen LogP contribution in [0.3, 0.4) is 0 Å². The van der Waals surface area contributed by atoms with Gasteiger partial charge in [-0.1, -0.05) is 42.0 Å². The summed E-state index contributed by atoms with van der Waals surface area (Å²) < 4.78 is 28.3. The van der Waals surface area contributed by atoms with Crippen molar-refractivity contribution in [2.24, 2.45) is 0 Å². The van der Waals surface area contributed by atoms with Crippen LogP contribution >= 0.6 is 0 Å². The first kappa shape index (κ1) is 14.9. The van der Waals surface area contributed by atoms with Gasteiger partial charge in [0.25, 0.3) is 0 Å². The highest BCUT2D eigenvalue weighted by molar-refractivity contribution is 6.06. The molecule has 0 radical (unpaired) electrons. The number of halogens is 2. The Kier molecular flexibility index (Phi) is 4.82. The maximum Gasteiger partial charge on any atom is 0.387 e. The molecule has 2 aromatic carbocycles. The summed E-state index contributed by atoms with van der Waals surface area (Å²) in [4.78, 5) is 12.0. The Morgan fingerprint density at radius 2 is 1.86 bits per heavy atom. The van der Waals surface area contributed by atoms with E-state index in [1.165, 1.54) is 18.2 Å². The summed E-state index contributed by atoms with van der Waals surface area (Å²) in [5, 5.41) is 0. The number of ether oxygens (including phenoxy) is 1. The molecule has 0 atom stereocenters. The van der Waals surface area contributed by atoms with Gasteiger partial charge in [-0.3, -0.25) is 4.79 Å². The van der Waals surface area contributed by atoms with Gasteiger partial charge >= 0.3 is 6.61 Å². The molecule has 2 aromatic rings. The molecule has 4 heteroatoms. The van der Waals surface area contributed by atoms with E-state index in [0.717, 1.165) is 11.1 Å². The van der Waals surface area contributed by atoms with Crippen molar-refractivity contribution in [3.05, 3.63) is 71.3 Å². The fraction of sp³-hybridized carbons (Fsp3) is 0.118. The van der Waals surface area contributed by atoms with Gasteiger partial charge < -0.3 is 4.74 Å². The number of rotatable bonds is 5. The van der Waals surface area contributed by atoms with Gasteiger partial charge in [0.05, 0.1) is 0 Å². The van der Waals surface area contributed by atoms with Crippen molar-refractivity contribution in [1.29, 1.82) is 0 Å². The van der Waals surface area contributed by atoms with Crippen LogP contribution < -0.4 is 4.74 Å². The molecular formula is C17H14F2O2. The zero-order valence-electron chi connectivity index (χ0n) is 11.4. The van der Waals surface area contributed by atoms with Crippen molar-refractivity contribution in [2.75, 3.05) is 0 Å². The molecule has 0 fully saturated rings. The van der Waals surface area contributed by atoms with Gasteiger partial charge in [0.15, 0.2) is 5.78 Å². The number of ketones is 1. The second-order valence-corrected chi connectivity index (χ2v) is 4.51. The van der Waals surface area contributed by atoms with Crippen LogP contribution in [0, 0.1) is 6.92 Å². The SMILES string of the molecule is Cc1cccc(C(=O)/C=C/c2ccc(OC(F)F)cc2)c1. The van der Waals surface area contributed by atoms with E-state index < -0.39 is 6.61 Å². The average molecular weight is 288 g/mol. The molecule has 108 valence electrons. The molecule has 0 aliphatic carbocycles. The van der Waals surface area contributed by atoms with Gasteiger partial charge in [-0.2, -0.15) is 8.78 Å². The molecule has 0 saturated heterocycles. The predicted molar refractivity (Wildman–Crippen MR) is 77.6 cm³/mol. The van der Waals surface area contributed by atoms with E-state index in [0.29, 0.717) is 5.56 Å². The highest BCUT2D eigenvalue weighted by Crippen LogP contribution is 2.16. The lowest BCUT2D eigenvalue weighted by Crippen LogP contribution is -2.01. The molecule has 0 amide bonds. The van der Waals surface area contributed by atoms with Crippen LogP contribution in [0.1, 0.15) is 21.5 Å². The Bertz CT molecular complexity index is 646. The molecular weight excluding hydrogens is 274 g/mol. The summed E-state index contributed by atoms with van der Waals surface area (Å²) in [6.45, 7) is -0.920. The maximum absolute atomic E-state index is 12.0. The van der Waals surface area contributed by atoms with E-state index in [1.807, 2.05) is 25.1 Å². The second-order valence-electron chi connectivity index (χ2n) is 4.51. The van der Waals surface area contributed by atoms with Crippen LogP contribution in [0.2, 0.25) is 0 Å². The first-order valence-corrected chi connectivity index (χ1v) is 6.38. The summed E-state index contributed by atoms with van der Waals surface area (Å²) in [5.74, 6) is -0.0150. The molecule has 0 N–H and O–H groups in total. The fourth-order valence-corrected chi connectivity index (χ4v) is 1.83. The third-order valence-electron chi connectivity index (χ3n) is 2.84. The Morgan fingerprint density at radius 1 is 1.14 bits per heavy atom. The van der Waals surface area contributed by atoms with E-state index in [4.69, 9.17) is 0 Å². The van der Waals surface area contributed by atoms with Gasteiger partial charge in [0, 0.05) is 5.56 Å². The lowest BCUT2D eigenvalue weighted by molar-refractivity contribution is -0.0498. The minimum absolute atomic E-state index is 0.0900. The largest absolute Gasteiger partial charge is 0.435 e. The first-order chi connectivity index (χ1) is 10.0. The predicted octanol–water partition coefficient (Wildman–Crippen LogP) is 4.49. The summed E-state index contributed by atoms with van der Waals surface area (Å²) >= 11 is 0. The van der Waals surface area contributed by atoms with E-state index in [-0.39, 0.29) is 11.5 Å². The van der Waals surface area contributed by atoms with Crippen molar-refractivity contribution in [1.82, 2.24) is 0 Å². The zero-order valence-corrected chi connectivity index (χ0v) is 11.4. The molecule has 0 spiro atoms. The van der Waals surface area contributed by atoms with Crippen molar-refractivity contribution in [2.45, 2.75) is 13.5 Å². The Balaban J connectivity index is 2.05. The molecule has 0 bridgehead atoms. The minimum Gasteiger partial charge on any atom is -0.435 e. The quantitative estimate of drug-likeness (QED) is 0.598. The van der Waals surface area contributed by atoms with Crippen molar-refractivity contribution in [3.63, 3.8) is 0 Å². The van der Waals surface area contributed by atoms with Gasteiger partial charge in [0.2, 0.25) is 0 Å². The van der Waals surface area contributed by atoms with E-state index >= 15 is 0 Å². The summed E-state index contributed by atoms with van der Waals surface area (Å²) in [6.07, 6.45) is 3.09. The summed E-state index contributed by atoms with van der Waals surface area (Å²) in [6, 6.07) is 13.4. The number of carbonyl (C=O) groups excluding carboxylic acids is 1. The van der Waals surface area contributed by atoms with Gasteiger partial charge in [-0.15, -0.1) is 0 Å². The zero-order chi connectivity index (χ0) is 15.2. The van der Waals surface area contributed by atoms with E-state index in [1.54, 1.807) is 24.3 Å². The maximum atomic E-state index is 12.0. The van der Waals surface area contributed by atoms with Gasteiger partial charge in [0.1, 0.15) is 5.75 Å². The van der Waals surface area contributed by atoms with Gasteiger partial charge in [-0.05, 0) is 36.8 Å². The van der Waals surface area contributed by atoms with Gasteiger partial charge in [-0.25, -0.2) is 0 Å². The highest BCUT2D eigenvalue weighted by atomic mass is 19.3. The number of benzene rings is 2. The Labute approximate surface area is 121 Å². The molecule has 0 heterocycles. The highest BCUT2D eigenvalue weighted by Gasteiger charge is 2.04. The Hall–Kier alpha value is -2.49. The number of aryl methyl sites for hydroxylation is 1. The smallest absolute Gasteiger partial charge is 0.387 e. The average Bonchev–Trinajstić information content (AvgIpc) is 2.45. The standard InChI is InChI=1S/C17H14F2O2/c1-12-3-2-4-14(11-12)16(20)10-7-13-5-8-15(9-6-13)21-17(18)19/h2-11,17H,1H3/b10-7+. The van der Waals surface area contributed by atoms with Crippen molar-refractivity contribution < 1.29 is 18.3 Å². The van der Waals surface area contributed by atoms with Crippen LogP contribution in [0.4, 0.5) is 8.78 Å². The van der Waals surface area contributed by atoms with E-state index in [2.05, 4.69) is 4.74 Å². The fourth-order valence-electron chi connectivity index (χ4n) is 1.83. The molecule has 0 saturated carbocycles. The first-order valence-electron chi connectivity index (χ1n) is 6.38. The lowest BCUT2D eigenvalue weighted by atomic mass is 10.1. The molecule has 0 aliphatic heterocycles. The number of allylic oxidation sites excluding steroid dienone is 1. The van der Waals surface area contributed by atoms with E-state index in [9.17, 15) is 13.6 Å². The molecule has 0 aromatic heterocycles. The monoisotopic (exact) mass is 288 g/mol. The summed E-state index contributed by atoms with van der Waals surface area (Å²) in [7, 11) is 0. The van der Waals surface area contributed by atoms with Crippen LogP contribution in [0.15, 0.2) is 54.6 Å². The van der Waals surface area contributed by atoms with Crippen molar-refractivity contribution in [3.8, 4) is 5.75 Å². The van der Waals surface area contributed by atoms with Crippen molar-refractivity contribution >= 4 is 11.9 Å². The molecule has 0 unspecified atom stereocenters. The van der Waals surface area contributed by atoms with Crippen LogP contribution in [0.5, 0.6) is 5.75 Å². The Morgan fingerprint density at radius 3 is 2.48 bits per heavy atom. The number of hydrogen-bond donors (Lipinski definition) is 0. The normalized spacial score (nSPS) is 11.0. The minimum atomic E-state index is -2.84. The van der Waals surface area contributed by atoms with Crippen LogP contribution in [-0.4, -0.2) is 12.4 Å². The third kappa shape index (κ3) is 4.53. The second kappa shape index (κ2) is 6.79. The summed E-state index contributed by atoms with van der Waals surface area (Å²) in [5.41, 5.74) is 2.37. The third-order valence-corrected chi connectivity index (χ3v) is 2.84. The number of hydrogen-bond acceptors (Lipinski definition) is 2. The molecule has 2 rings (SSSR count). The lowest BCUT2D eigenvalue weighted by Gasteiger charge is -2.03. The van der Waals surface area contributed by atoms with Crippen LogP contribution in [0.25, 0.3) is 6.08 Å². The number of carbonyl (C=O) groups is 1. The molecule has 0 aliphatic rings.